The second kappa shape index (κ2) is 7.45. The van der Waals surface area contributed by atoms with Crippen molar-refractivity contribution in [3.05, 3.63) is 28.2 Å². The highest BCUT2D eigenvalue weighted by atomic mass is 79.9. The summed E-state index contributed by atoms with van der Waals surface area (Å²) < 4.78 is 6.29. The van der Waals surface area contributed by atoms with Gasteiger partial charge in [-0.1, -0.05) is 22.9 Å². The number of hydrogen-bond donors (Lipinski definition) is 1. The van der Waals surface area contributed by atoms with Gasteiger partial charge in [0, 0.05) is 16.8 Å². The molecule has 17 heavy (non-hydrogen) atoms. The third kappa shape index (κ3) is 5.33. The molecule has 0 bridgehead atoms. The number of carbonyl (C=O) groups is 1. The lowest BCUT2D eigenvalue weighted by atomic mass is 10.2. The Bertz CT molecular complexity index is 380. The third-order valence-corrected chi connectivity index (χ3v) is 2.78. The van der Waals surface area contributed by atoms with Crippen LogP contribution >= 0.6 is 15.9 Å². The molecule has 0 saturated carbocycles. The maximum atomic E-state index is 11.6. The number of amides is 1. The number of ether oxygens (including phenoxy) is 1. The number of hydrogen-bond acceptors (Lipinski definition) is 2. The van der Waals surface area contributed by atoms with E-state index in [4.69, 9.17) is 4.74 Å². The molecule has 1 aromatic carbocycles. The first-order valence-electron chi connectivity index (χ1n) is 5.77. The van der Waals surface area contributed by atoms with Gasteiger partial charge in [0.15, 0.2) is 0 Å². The van der Waals surface area contributed by atoms with Crippen LogP contribution in [0.2, 0.25) is 0 Å². The van der Waals surface area contributed by atoms with E-state index in [9.17, 15) is 4.79 Å². The van der Waals surface area contributed by atoms with E-state index in [2.05, 4.69) is 21.2 Å². The summed E-state index contributed by atoms with van der Waals surface area (Å²) in [4.78, 5) is 11.6. The standard InChI is InChI=1S/C13H18BrNO2/c1-3-7-17-8-6-13(16)15-12-5-4-11(14)9-10(12)2/h4-5,9H,3,6-8H2,1-2H3,(H,15,16). The lowest BCUT2D eigenvalue weighted by Crippen LogP contribution is -2.15. The van der Waals surface area contributed by atoms with Crippen molar-refractivity contribution in [2.24, 2.45) is 0 Å². The normalized spacial score (nSPS) is 10.3. The van der Waals surface area contributed by atoms with Crippen LogP contribution in [0.1, 0.15) is 25.3 Å². The molecule has 1 rings (SSSR count). The smallest absolute Gasteiger partial charge is 0.226 e. The van der Waals surface area contributed by atoms with E-state index in [1.54, 1.807) is 0 Å². The van der Waals surface area contributed by atoms with Gasteiger partial charge in [0.05, 0.1) is 13.0 Å². The Morgan fingerprint density at radius 2 is 2.18 bits per heavy atom. The van der Waals surface area contributed by atoms with Crippen molar-refractivity contribution in [3.8, 4) is 0 Å². The summed E-state index contributed by atoms with van der Waals surface area (Å²) in [7, 11) is 0. The predicted octanol–water partition coefficient (Wildman–Crippen LogP) is 3.51. The quantitative estimate of drug-likeness (QED) is 0.816. The molecular formula is C13H18BrNO2. The van der Waals surface area contributed by atoms with Gasteiger partial charge >= 0.3 is 0 Å². The molecule has 0 aliphatic heterocycles. The molecule has 0 heterocycles. The van der Waals surface area contributed by atoms with Crippen molar-refractivity contribution >= 4 is 27.5 Å². The maximum Gasteiger partial charge on any atom is 0.226 e. The van der Waals surface area contributed by atoms with Crippen LogP contribution < -0.4 is 5.32 Å². The molecule has 1 N–H and O–H groups in total. The molecule has 0 atom stereocenters. The number of aryl methyl sites for hydroxylation is 1. The van der Waals surface area contributed by atoms with Gasteiger partial charge in [-0.2, -0.15) is 0 Å². The van der Waals surface area contributed by atoms with E-state index in [1.165, 1.54) is 0 Å². The largest absolute Gasteiger partial charge is 0.381 e. The molecule has 4 heteroatoms. The van der Waals surface area contributed by atoms with Gasteiger partial charge in [-0.05, 0) is 37.1 Å². The second-order valence-electron chi connectivity index (χ2n) is 3.87. The van der Waals surface area contributed by atoms with Gasteiger partial charge in [-0.15, -0.1) is 0 Å². The highest BCUT2D eigenvalue weighted by Gasteiger charge is 2.04. The van der Waals surface area contributed by atoms with Crippen LogP contribution in [0.25, 0.3) is 0 Å². The van der Waals surface area contributed by atoms with E-state index in [0.29, 0.717) is 19.6 Å². The average Bonchev–Trinajstić information content (AvgIpc) is 2.28. The zero-order valence-electron chi connectivity index (χ0n) is 10.3. The van der Waals surface area contributed by atoms with E-state index in [-0.39, 0.29) is 5.91 Å². The summed E-state index contributed by atoms with van der Waals surface area (Å²) >= 11 is 3.39. The van der Waals surface area contributed by atoms with E-state index < -0.39 is 0 Å². The summed E-state index contributed by atoms with van der Waals surface area (Å²) in [6, 6.07) is 5.78. The Morgan fingerprint density at radius 3 is 2.82 bits per heavy atom. The number of benzene rings is 1. The Kier molecular flexibility index (Phi) is 6.22. The second-order valence-corrected chi connectivity index (χ2v) is 4.79. The number of nitrogens with one attached hydrogen (secondary N) is 1. The third-order valence-electron chi connectivity index (χ3n) is 2.28. The molecule has 0 spiro atoms. The molecular weight excluding hydrogens is 282 g/mol. The number of carbonyl (C=O) groups excluding carboxylic acids is 1. The molecule has 0 aliphatic rings. The first kappa shape index (κ1) is 14.2. The zero-order chi connectivity index (χ0) is 12.7. The van der Waals surface area contributed by atoms with E-state index >= 15 is 0 Å². The van der Waals surface area contributed by atoms with Gasteiger partial charge in [-0.3, -0.25) is 4.79 Å². The van der Waals surface area contributed by atoms with Crippen LogP contribution in [0.4, 0.5) is 5.69 Å². The molecule has 0 saturated heterocycles. The molecule has 3 nitrogen and oxygen atoms in total. The monoisotopic (exact) mass is 299 g/mol. The number of rotatable bonds is 6. The van der Waals surface area contributed by atoms with E-state index in [1.807, 2.05) is 32.0 Å². The fraction of sp³-hybridized carbons (Fsp3) is 0.462. The highest BCUT2D eigenvalue weighted by molar-refractivity contribution is 9.10. The van der Waals surface area contributed by atoms with Crippen molar-refractivity contribution in [3.63, 3.8) is 0 Å². The number of halogens is 1. The van der Waals surface area contributed by atoms with Crippen LogP contribution in [0.15, 0.2) is 22.7 Å². The summed E-state index contributed by atoms with van der Waals surface area (Å²) in [6.45, 7) is 5.21. The minimum atomic E-state index is -0.00785. The molecule has 1 amide bonds. The summed E-state index contributed by atoms with van der Waals surface area (Å²) in [5.41, 5.74) is 1.90. The van der Waals surface area contributed by atoms with Crippen LogP contribution in [-0.2, 0) is 9.53 Å². The summed E-state index contributed by atoms with van der Waals surface area (Å²) in [5.74, 6) is -0.00785. The van der Waals surface area contributed by atoms with Crippen LogP contribution in [-0.4, -0.2) is 19.1 Å². The molecule has 0 unspecified atom stereocenters. The van der Waals surface area contributed by atoms with Crippen molar-refractivity contribution in [1.29, 1.82) is 0 Å². The minimum absolute atomic E-state index is 0.00785. The van der Waals surface area contributed by atoms with Crippen LogP contribution in [0, 0.1) is 6.92 Å². The Balaban J connectivity index is 2.40. The minimum Gasteiger partial charge on any atom is -0.381 e. The highest BCUT2D eigenvalue weighted by Crippen LogP contribution is 2.20. The molecule has 1 aromatic rings. The van der Waals surface area contributed by atoms with Crippen molar-refractivity contribution in [1.82, 2.24) is 0 Å². The van der Waals surface area contributed by atoms with Crippen molar-refractivity contribution in [2.45, 2.75) is 26.7 Å². The topological polar surface area (TPSA) is 38.3 Å². The Labute approximate surface area is 111 Å². The van der Waals surface area contributed by atoms with Gasteiger partial charge in [0.25, 0.3) is 0 Å². The number of anilines is 1. The molecule has 0 fully saturated rings. The van der Waals surface area contributed by atoms with E-state index in [0.717, 1.165) is 22.1 Å². The van der Waals surface area contributed by atoms with Crippen molar-refractivity contribution in [2.75, 3.05) is 18.5 Å². The molecule has 94 valence electrons. The molecule has 0 aromatic heterocycles. The fourth-order valence-corrected chi connectivity index (χ4v) is 1.87. The Hall–Kier alpha value is -0.870. The zero-order valence-corrected chi connectivity index (χ0v) is 11.8. The Morgan fingerprint density at radius 1 is 1.41 bits per heavy atom. The first-order valence-corrected chi connectivity index (χ1v) is 6.56. The van der Waals surface area contributed by atoms with Gasteiger partial charge in [0.1, 0.15) is 0 Å². The van der Waals surface area contributed by atoms with Crippen LogP contribution in [0.3, 0.4) is 0 Å². The predicted molar refractivity (Wildman–Crippen MR) is 73.2 cm³/mol. The molecule has 0 radical (unpaired) electrons. The van der Waals surface area contributed by atoms with Crippen molar-refractivity contribution < 1.29 is 9.53 Å². The van der Waals surface area contributed by atoms with Gasteiger partial charge in [0.2, 0.25) is 5.91 Å². The lowest BCUT2D eigenvalue weighted by Gasteiger charge is -2.08. The summed E-state index contributed by atoms with van der Waals surface area (Å²) in [5, 5.41) is 2.87. The fourth-order valence-electron chi connectivity index (χ4n) is 1.39. The summed E-state index contributed by atoms with van der Waals surface area (Å²) in [6.07, 6.45) is 1.38. The first-order chi connectivity index (χ1) is 8.13. The maximum absolute atomic E-state index is 11.6. The van der Waals surface area contributed by atoms with Gasteiger partial charge < -0.3 is 10.1 Å². The van der Waals surface area contributed by atoms with Crippen LogP contribution in [0.5, 0.6) is 0 Å². The SMILES string of the molecule is CCCOCCC(=O)Nc1ccc(Br)cc1C. The lowest BCUT2D eigenvalue weighted by molar-refractivity contribution is -0.117. The molecule has 0 aliphatic carbocycles. The van der Waals surface area contributed by atoms with Gasteiger partial charge in [-0.25, -0.2) is 0 Å². The average molecular weight is 300 g/mol.